The number of rotatable bonds is 8. The fourth-order valence-corrected chi connectivity index (χ4v) is 4.36. The number of fused-ring (bicyclic) bond motifs is 2. The van der Waals surface area contributed by atoms with Gasteiger partial charge in [-0.3, -0.25) is 0 Å². The molecule has 0 amide bonds. The molecule has 0 radical (unpaired) electrons. The van der Waals surface area contributed by atoms with Gasteiger partial charge in [0.1, 0.15) is 0 Å². The molecule has 4 unspecified atom stereocenters. The summed E-state index contributed by atoms with van der Waals surface area (Å²) in [5.74, 6) is 1.56. The quantitative estimate of drug-likeness (QED) is 0.393. The molecular formula is C21H26O2. The Bertz CT molecular complexity index is 575. The summed E-state index contributed by atoms with van der Waals surface area (Å²) in [7, 11) is 0. The van der Waals surface area contributed by atoms with Crippen LogP contribution in [-0.2, 0) is 9.47 Å². The summed E-state index contributed by atoms with van der Waals surface area (Å²) >= 11 is 0. The van der Waals surface area contributed by atoms with E-state index in [1.807, 2.05) is 19.1 Å². The minimum absolute atomic E-state index is 0.00326. The highest BCUT2D eigenvalue weighted by molar-refractivity contribution is 5.33. The molecule has 122 valence electrons. The molecule has 0 heterocycles. The number of allylic oxidation sites excluding steroid dienone is 3. The topological polar surface area (TPSA) is 18.5 Å². The van der Waals surface area contributed by atoms with Gasteiger partial charge in [0.25, 0.3) is 0 Å². The molecule has 4 atom stereocenters. The van der Waals surface area contributed by atoms with Crippen molar-refractivity contribution in [3.8, 4) is 0 Å². The lowest BCUT2D eigenvalue weighted by Gasteiger charge is -2.41. The summed E-state index contributed by atoms with van der Waals surface area (Å²) in [6.07, 6.45) is 11.5. The van der Waals surface area contributed by atoms with Crippen molar-refractivity contribution in [1.29, 1.82) is 0 Å². The van der Waals surface area contributed by atoms with Crippen LogP contribution in [0, 0.1) is 17.3 Å². The lowest BCUT2D eigenvalue weighted by atomic mass is 9.66. The summed E-state index contributed by atoms with van der Waals surface area (Å²) in [5, 5.41) is 0. The van der Waals surface area contributed by atoms with E-state index in [1.54, 1.807) is 6.26 Å². The summed E-state index contributed by atoms with van der Waals surface area (Å²) in [6, 6.07) is 10.8. The highest BCUT2D eigenvalue weighted by Crippen LogP contribution is 2.60. The zero-order valence-corrected chi connectivity index (χ0v) is 13.9. The van der Waals surface area contributed by atoms with Gasteiger partial charge in [-0.1, -0.05) is 54.6 Å². The van der Waals surface area contributed by atoms with Gasteiger partial charge >= 0.3 is 0 Å². The van der Waals surface area contributed by atoms with E-state index < -0.39 is 0 Å². The number of ether oxygens (including phenoxy) is 2. The van der Waals surface area contributed by atoms with Crippen LogP contribution in [0.25, 0.3) is 0 Å². The molecule has 23 heavy (non-hydrogen) atoms. The van der Waals surface area contributed by atoms with Gasteiger partial charge in [0.2, 0.25) is 0 Å². The van der Waals surface area contributed by atoms with Gasteiger partial charge in [0.15, 0.2) is 0 Å². The SMILES string of the molecule is C=CCOCC1(COC=CC)C2C=CC(C2)C1c1ccccc1. The van der Waals surface area contributed by atoms with E-state index in [2.05, 4.69) is 49.1 Å². The maximum absolute atomic E-state index is 5.95. The van der Waals surface area contributed by atoms with Crippen LogP contribution in [0.1, 0.15) is 24.8 Å². The molecule has 0 N–H and O–H groups in total. The fraction of sp³-hybridized carbons (Fsp3) is 0.429. The molecule has 0 spiro atoms. The Kier molecular flexibility index (Phi) is 5.02. The van der Waals surface area contributed by atoms with Crippen LogP contribution in [0.5, 0.6) is 0 Å². The van der Waals surface area contributed by atoms with E-state index >= 15 is 0 Å². The second-order valence-electron chi connectivity index (χ2n) is 6.60. The van der Waals surface area contributed by atoms with E-state index in [9.17, 15) is 0 Å². The van der Waals surface area contributed by atoms with Crippen molar-refractivity contribution in [2.45, 2.75) is 19.3 Å². The molecule has 1 aromatic rings. The Morgan fingerprint density at radius 3 is 2.78 bits per heavy atom. The van der Waals surface area contributed by atoms with E-state index in [0.717, 1.165) is 0 Å². The molecule has 1 fully saturated rings. The fourth-order valence-electron chi connectivity index (χ4n) is 4.36. The molecule has 2 aliphatic carbocycles. The molecule has 0 aliphatic heterocycles. The van der Waals surface area contributed by atoms with Gasteiger partial charge in [0, 0.05) is 11.3 Å². The zero-order valence-electron chi connectivity index (χ0n) is 13.9. The molecule has 2 bridgehead atoms. The van der Waals surface area contributed by atoms with Crippen LogP contribution in [0.3, 0.4) is 0 Å². The monoisotopic (exact) mass is 310 g/mol. The highest BCUT2D eigenvalue weighted by atomic mass is 16.5. The van der Waals surface area contributed by atoms with Crippen LogP contribution < -0.4 is 0 Å². The average Bonchev–Trinajstić information content (AvgIpc) is 3.16. The van der Waals surface area contributed by atoms with Crippen molar-refractivity contribution >= 4 is 0 Å². The Morgan fingerprint density at radius 1 is 1.22 bits per heavy atom. The van der Waals surface area contributed by atoms with Crippen molar-refractivity contribution in [3.63, 3.8) is 0 Å². The smallest absolute Gasteiger partial charge is 0.0963 e. The molecule has 0 saturated heterocycles. The average molecular weight is 310 g/mol. The van der Waals surface area contributed by atoms with Crippen LogP contribution in [0.4, 0.5) is 0 Å². The Balaban J connectivity index is 1.92. The largest absolute Gasteiger partial charge is 0.501 e. The second kappa shape index (κ2) is 7.18. The molecule has 2 aliphatic rings. The first kappa shape index (κ1) is 16.1. The van der Waals surface area contributed by atoms with Gasteiger partial charge in [0.05, 0.1) is 26.1 Å². The Hall–Kier alpha value is -1.80. The lowest BCUT2D eigenvalue weighted by Crippen LogP contribution is -2.41. The minimum atomic E-state index is 0.00326. The second-order valence-corrected chi connectivity index (χ2v) is 6.60. The maximum Gasteiger partial charge on any atom is 0.0963 e. The van der Waals surface area contributed by atoms with Crippen molar-refractivity contribution in [2.24, 2.45) is 17.3 Å². The van der Waals surface area contributed by atoms with Crippen molar-refractivity contribution in [3.05, 3.63) is 73.0 Å². The van der Waals surface area contributed by atoms with E-state index in [4.69, 9.17) is 9.47 Å². The van der Waals surface area contributed by atoms with Crippen molar-refractivity contribution in [1.82, 2.24) is 0 Å². The van der Waals surface area contributed by atoms with Gasteiger partial charge in [-0.15, -0.1) is 6.58 Å². The standard InChI is InChI=1S/C21H26O2/c1-3-12-22-15-21(16-23-13-4-2)19-11-10-18(14-19)20(21)17-8-6-5-7-9-17/h3-11,13,18-20H,1,12,14-16H2,2H3. The summed E-state index contributed by atoms with van der Waals surface area (Å²) in [5.41, 5.74) is 1.40. The molecule has 2 heteroatoms. The molecule has 0 aromatic heterocycles. The minimum Gasteiger partial charge on any atom is -0.501 e. The zero-order chi connectivity index (χ0) is 16.1. The number of benzene rings is 1. The van der Waals surface area contributed by atoms with Gasteiger partial charge in [-0.2, -0.15) is 0 Å². The maximum atomic E-state index is 5.95. The van der Waals surface area contributed by atoms with Crippen LogP contribution in [-0.4, -0.2) is 19.8 Å². The van der Waals surface area contributed by atoms with Crippen LogP contribution >= 0.6 is 0 Å². The number of hydrogen-bond acceptors (Lipinski definition) is 2. The van der Waals surface area contributed by atoms with Crippen LogP contribution in [0.2, 0.25) is 0 Å². The van der Waals surface area contributed by atoms with Gasteiger partial charge < -0.3 is 9.47 Å². The predicted molar refractivity (Wildman–Crippen MR) is 94.1 cm³/mol. The predicted octanol–water partition coefficient (Wildman–Crippen LogP) is 4.72. The third kappa shape index (κ3) is 3.00. The Labute approximate surface area is 139 Å². The van der Waals surface area contributed by atoms with E-state index in [0.29, 0.717) is 37.6 Å². The summed E-state index contributed by atoms with van der Waals surface area (Å²) in [6.45, 7) is 7.74. The third-order valence-corrected chi connectivity index (χ3v) is 5.25. The molecule has 1 saturated carbocycles. The number of hydrogen-bond donors (Lipinski definition) is 0. The van der Waals surface area contributed by atoms with Gasteiger partial charge in [-0.25, -0.2) is 0 Å². The summed E-state index contributed by atoms with van der Waals surface area (Å²) < 4.78 is 11.8. The lowest BCUT2D eigenvalue weighted by molar-refractivity contribution is -0.0178. The Morgan fingerprint density at radius 2 is 2.04 bits per heavy atom. The summed E-state index contributed by atoms with van der Waals surface area (Å²) in [4.78, 5) is 0. The van der Waals surface area contributed by atoms with Crippen molar-refractivity contribution in [2.75, 3.05) is 19.8 Å². The molecule has 2 nitrogen and oxygen atoms in total. The molecule has 1 aromatic carbocycles. The molecular weight excluding hydrogens is 284 g/mol. The molecule has 3 rings (SSSR count). The van der Waals surface area contributed by atoms with E-state index in [-0.39, 0.29) is 5.41 Å². The van der Waals surface area contributed by atoms with Gasteiger partial charge in [-0.05, 0) is 30.7 Å². The first-order chi connectivity index (χ1) is 11.3. The first-order valence-electron chi connectivity index (χ1n) is 8.46. The van der Waals surface area contributed by atoms with Crippen LogP contribution in [0.15, 0.2) is 67.5 Å². The normalized spacial score (nSPS) is 31.8. The van der Waals surface area contributed by atoms with E-state index in [1.165, 1.54) is 12.0 Å². The third-order valence-electron chi connectivity index (χ3n) is 5.25. The highest BCUT2D eigenvalue weighted by Gasteiger charge is 2.56. The first-order valence-corrected chi connectivity index (χ1v) is 8.46. The van der Waals surface area contributed by atoms with Crippen molar-refractivity contribution < 1.29 is 9.47 Å².